The molecular formula is C44H24N4O. The Morgan fingerprint density at radius 3 is 1.76 bits per heavy atom. The minimum atomic E-state index is 0.540. The Morgan fingerprint density at radius 2 is 1.06 bits per heavy atom. The van der Waals surface area contributed by atoms with Gasteiger partial charge in [0.2, 0.25) is 0 Å². The molecule has 0 aliphatic rings. The minimum Gasteiger partial charge on any atom is -0.456 e. The molecule has 5 nitrogen and oxygen atoms in total. The largest absolute Gasteiger partial charge is 0.456 e. The van der Waals surface area contributed by atoms with Crippen LogP contribution >= 0.6 is 0 Å². The molecule has 49 heavy (non-hydrogen) atoms. The predicted octanol–water partition coefficient (Wildman–Crippen LogP) is 11.2. The van der Waals surface area contributed by atoms with Gasteiger partial charge in [-0.3, -0.25) is 0 Å². The molecule has 0 saturated heterocycles. The number of aromatic nitrogens is 2. The molecule has 0 atom stereocenters. The fraction of sp³-hybridized carbons (Fsp3) is 0. The SMILES string of the molecule is N#Cc1cc(-c2ccc(-n3c4ccccc4c4cc5oc6ccccc6c5cc43)c(C#N)c2)cc(-n2c3ccccc3c3ccccc32)c1. The molecule has 226 valence electrons. The van der Waals surface area contributed by atoms with Crippen molar-refractivity contribution in [1.29, 1.82) is 10.5 Å². The van der Waals surface area contributed by atoms with Crippen LogP contribution in [0, 0.1) is 22.7 Å². The third-order valence-electron chi connectivity index (χ3n) is 9.75. The van der Waals surface area contributed by atoms with Crippen LogP contribution in [0.5, 0.6) is 0 Å². The molecule has 0 saturated carbocycles. The molecule has 10 rings (SSSR count). The van der Waals surface area contributed by atoms with E-state index in [9.17, 15) is 10.5 Å². The van der Waals surface area contributed by atoms with E-state index in [-0.39, 0.29) is 0 Å². The average Bonchev–Trinajstić information content (AvgIpc) is 3.80. The van der Waals surface area contributed by atoms with E-state index in [1.165, 1.54) is 0 Å². The average molecular weight is 625 g/mol. The van der Waals surface area contributed by atoms with Crippen molar-refractivity contribution in [3.63, 3.8) is 0 Å². The lowest BCUT2D eigenvalue weighted by Gasteiger charge is -2.14. The maximum absolute atomic E-state index is 10.6. The molecule has 0 aliphatic heterocycles. The maximum Gasteiger partial charge on any atom is 0.136 e. The van der Waals surface area contributed by atoms with Crippen LogP contribution < -0.4 is 0 Å². The normalized spacial score (nSPS) is 11.6. The topological polar surface area (TPSA) is 70.6 Å². The minimum absolute atomic E-state index is 0.540. The number of para-hydroxylation sites is 4. The first-order chi connectivity index (χ1) is 24.2. The van der Waals surface area contributed by atoms with Gasteiger partial charge in [0.15, 0.2) is 0 Å². The Hall–Kier alpha value is -7.08. The zero-order valence-corrected chi connectivity index (χ0v) is 26.1. The molecule has 3 heterocycles. The van der Waals surface area contributed by atoms with Gasteiger partial charge in [0.05, 0.1) is 45.0 Å². The van der Waals surface area contributed by atoms with Gasteiger partial charge < -0.3 is 13.6 Å². The Morgan fingerprint density at radius 1 is 0.429 bits per heavy atom. The van der Waals surface area contributed by atoms with Gasteiger partial charge >= 0.3 is 0 Å². The van der Waals surface area contributed by atoms with E-state index in [4.69, 9.17) is 4.42 Å². The zero-order chi connectivity index (χ0) is 32.6. The van der Waals surface area contributed by atoms with Gasteiger partial charge in [0.1, 0.15) is 17.2 Å². The maximum atomic E-state index is 10.6. The van der Waals surface area contributed by atoms with E-state index >= 15 is 0 Å². The third kappa shape index (κ3) is 3.91. The van der Waals surface area contributed by atoms with E-state index in [2.05, 4.69) is 100 Å². The molecule has 3 aromatic heterocycles. The molecule has 0 bridgehead atoms. The summed E-state index contributed by atoms with van der Waals surface area (Å²) in [5, 5.41) is 27.3. The van der Waals surface area contributed by atoms with Crippen molar-refractivity contribution in [2.75, 3.05) is 0 Å². The van der Waals surface area contributed by atoms with E-state index in [0.29, 0.717) is 11.1 Å². The first-order valence-corrected chi connectivity index (χ1v) is 16.1. The first kappa shape index (κ1) is 27.1. The van der Waals surface area contributed by atoms with Crippen molar-refractivity contribution in [2.24, 2.45) is 0 Å². The van der Waals surface area contributed by atoms with Crippen molar-refractivity contribution in [2.45, 2.75) is 0 Å². The molecular weight excluding hydrogens is 601 g/mol. The molecule has 0 aliphatic carbocycles. The second-order valence-corrected chi connectivity index (χ2v) is 12.4. The fourth-order valence-corrected chi connectivity index (χ4v) is 7.62. The van der Waals surface area contributed by atoms with Crippen LogP contribution in [-0.2, 0) is 0 Å². The lowest BCUT2D eigenvalue weighted by atomic mass is 9.99. The van der Waals surface area contributed by atoms with Crippen LogP contribution in [0.15, 0.2) is 150 Å². The van der Waals surface area contributed by atoms with Gasteiger partial charge in [-0.05, 0) is 77.9 Å². The number of nitriles is 2. The summed E-state index contributed by atoms with van der Waals surface area (Å²) in [7, 11) is 0. The Kier molecular flexibility index (Phi) is 5.64. The van der Waals surface area contributed by atoms with Gasteiger partial charge in [0.25, 0.3) is 0 Å². The number of rotatable bonds is 3. The van der Waals surface area contributed by atoms with Gasteiger partial charge in [-0.2, -0.15) is 10.5 Å². The van der Waals surface area contributed by atoms with Crippen molar-refractivity contribution < 1.29 is 4.42 Å². The number of nitrogens with zero attached hydrogens (tertiary/aromatic N) is 4. The van der Waals surface area contributed by atoms with Crippen molar-refractivity contribution >= 4 is 65.6 Å². The predicted molar refractivity (Wildman–Crippen MR) is 197 cm³/mol. The molecule has 0 spiro atoms. The number of furan rings is 1. The molecule has 0 radical (unpaired) electrons. The smallest absolute Gasteiger partial charge is 0.136 e. The van der Waals surface area contributed by atoms with Crippen molar-refractivity contribution in [3.8, 4) is 34.6 Å². The Balaban J connectivity index is 1.19. The lowest BCUT2D eigenvalue weighted by molar-refractivity contribution is 0.669. The number of hydrogen-bond acceptors (Lipinski definition) is 3. The molecule has 0 fully saturated rings. The van der Waals surface area contributed by atoms with Crippen LogP contribution in [0.4, 0.5) is 0 Å². The second-order valence-electron chi connectivity index (χ2n) is 12.4. The molecule has 0 unspecified atom stereocenters. The molecule has 0 amide bonds. The third-order valence-corrected chi connectivity index (χ3v) is 9.75. The first-order valence-electron chi connectivity index (χ1n) is 16.1. The van der Waals surface area contributed by atoms with Crippen molar-refractivity contribution in [1.82, 2.24) is 9.13 Å². The van der Waals surface area contributed by atoms with Gasteiger partial charge in [-0.25, -0.2) is 0 Å². The van der Waals surface area contributed by atoms with Gasteiger partial charge in [0, 0.05) is 38.0 Å². The van der Waals surface area contributed by atoms with Crippen LogP contribution in [0.3, 0.4) is 0 Å². The lowest BCUT2D eigenvalue weighted by Crippen LogP contribution is -1.99. The summed E-state index contributed by atoms with van der Waals surface area (Å²) < 4.78 is 10.6. The number of fused-ring (bicyclic) bond motifs is 9. The summed E-state index contributed by atoms with van der Waals surface area (Å²) in [6.07, 6.45) is 0. The van der Waals surface area contributed by atoms with Crippen LogP contribution in [0.2, 0.25) is 0 Å². The van der Waals surface area contributed by atoms with Crippen LogP contribution in [0.1, 0.15) is 11.1 Å². The highest BCUT2D eigenvalue weighted by Crippen LogP contribution is 2.40. The Bertz CT molecular complexity index is 3030. The van der Waals surface area contributed by atoms with Gasteiger partial charge in [-0.15, -0.1) is 0 Å². The quantitative estimate of drug-likeness (QED) is 0.196. The summed E-state index contributed by atoms with van der Waals surface area (Å²) in [6, 6.07) is 54.2. The Labute approximate surface area is 280 Å². The highest BCUT2D eigenvalue weighted by molar-refractivity contribution is 6.17. The van der Waals surface area contributed by atoms with Crippen LogP contribution in [0.25, 0.3) is 88.1 Å². The molecule has 5 heteroatoms. The molecule has 7 aromatic carbocycles. The van der Waals surface area contributed by atoms with Gasteiger partial charge in [-0.1, -0.05) is 78.9 Å². The summed E-state index contributed by atoms with van der Waals surface area (Å²) in [4.78, 5) is 0. The molecule has 0 N–H and O–H groups in total. The van der Waals surface area contributed by atoms with E-state index in [0.717, 1.165) is 88.1 Å². The summed E-state index contributed by atoms with van der Waals surface area (Å²) >= 11 is 0. The zero-order valence-electron chi connectivity index (χ0n) is 26.1. The summed E-state index contributed by atoms with van der Waals surface area (Å²) in [6.45, 7) is 0. The van der Waals surface area contributed by atoms with E-state index in [1.807, 2.05) is 66.7 Å². The van der Waals surface area contributed by atoms with E-state index in [1.54, 1.807) is 0 Å². The summed E-state index contributed by atoms with van der Waals surface area (Å²) in [5.41, 5.74) is 10.4. The number of benzene rings is 7. The standard InChI is InChI=1S/C44H24N4O/c45-25-27-19-29(22-31(20-27)47-39-13-5-1-9-32(39)33-10-2-6-14-40(33)47)28-17-18-38(30(21-28)26-46)48-41-15-7-3-11-34(41)36-24-44-37(23-42(36)48)35-12-4-8-16-43(35)49-44/h1-24H. The second kappa shape index (κ2) is 10.2. The number of hydrogen-bond donors (Lipinski definition) is 0. The van der Waals surface area contributed by atoms with E-state index < -0.39 is 0 Å². The molecule has 10 aromatic rings. The van der Waals surface area contributed by atoms with Crippen molar-refractivity contribution in [3.05, 3.63) is 157 Å². The fourth-order valence-electron chi connectivity index (χ4n) is 7.62. The highest BCUT2D eigenvalue weighted by Gasteiger charge is 2.19. The highest BCUT2D eigenvalue weighted by atomic mass is 16.3. The monoisotopic (exact) mass is 624 g/mol. The summed E-state index contributed by atoms with van der Waals surface area (Å²) in [5.74, 6) is 0. The van der Waals surface area contributed by atoms with Crippen LogP contribution in [-0.4, -0.2) is 9.13 Å².